The minimum atomic E-state index is -0.337. The third-order valence-electron chi connectivity index (χ3n) is 1.64. The van der Waals surface area contributed by atoms with Crippen molar-refractivity contribution in [2.75, 3.05) is 13.1 Å². The van der Waals surface area contributed by atoms with E-state index in [0.717, 1.165) is 17.8 Å². The van der Waals surface area contributed by atoms with Crippen LogP contribution in [0, 0.1) is 0 Å². The van der Waals surface area contributed by atoms with Crippen LogP contribution < -0.4 is 5.32 Å². The van der Waals surface area contributed by atoms with Crippen molar-refractivity contribution in [3.63, 3.8) is 0 Å². The van der Waals surface area contributed by atoms with Crippen molar-refractivity contribution in [2.45, 2.75) is 19.4 Å². The molecule has 0 aromatic carbocycles. The average molecular weight is 185 g/mol. The molecule has 0 spiro atoms. The Hall–Kier alpha value is -0.380. The molecule has 0 aliphatic rings. The maximum absolute atomic E-state index is 9.58. The number of nitrogens with one attached hydrogen (secondary N) is 1. The van der Waals surface area contributed by atoms with E-state index in [4.69, 9.17) is 0 Å². The van der Waals surface area contributed by atoms with Gasteiger partial charge in [-0.15, -0.1) is 11.3 Å². The van der Waals surface area contributed by atoms with E-state index in [1.165, 1.54) is 0 Å². The lowest BCUT2D eigenvalue weighted by Gasteiger charge is -2.08. The minimum absolute atomic E-state index is 0.337. The summed E-state index contributed by atoms with van der Waals surface area (Å²) in [5.74, 6) is 0. The molecule has 2 N–H and O–H groups in total. The molecule has 2 nitrogen and oxygen atoms in total. The molecule has 12 heavy (non-hydrogen) atoms. The summed E-state index contributed by atoms with van der Waals surface area (Å²) >= 11 is 1.60. The van der Waals surface area contributed by atoms with Gasteiger partial charge >= 0.3 is 0 Å². The average Bonchev–Trinajstić information content (AvgIpc) is 2.56. The maximum atomic E-state index is 9.58. The molecule has 0 aliphatic heterocycles. The largest absolute Gasteiger partial charge is 0.386 e. The van der Waals surface area contributed by atoms with E-state index >= 15 is 0 Å². The highest BCUT2D eigenvalue weighted by Crippen LogP contribution is 2.17. The zero-order valence-electron chi connectivity index (χ0n) is 7.29. The van der Waals surface area contributed by atoms with E-state index in [9.17, 15) is 5.11 Å². The summed E-state index contributed by atoms with van der Waals surface area (Å²) in [6.07, 6.45) is 0.772. The van der Waals surface area contributed by atoms with Crippen molar-refractivity contribution in [3.8, 4) is 0 Å². The first-order valence-electron chi connectivity index (χ1n) is 4.26. The fraction of sp³-hybridized carbons (Fsp3) is 0.556. The van der Waals surface area contributed by atoms with Crippen LogP contribution in [0.2, 0.25) is 0 Å². The van der Waals surface area contributed by atoms with Crippen molar-refractivity contribution >= 4 is 11.3 Å². The highest BCUT2D eigenvalue weighted by Gasteiger charge is 2.06. The molecule has 1 aromatic rings. The fourth-order valence-electron chi connectivity index (χ4n) is 0.997. The van der Waals surface area contributed by atoms with Gasteiger partial charge in [0, 0.05) is 11.4 Å². The third-order valence-corrected chi connectivity index (χ3v) is 2.61. The molecule has 0 radical (unpaired) electrons. The van der Waals surface area contributed by atoms with Crippen LogP contribution in [0.25, 0.3) is 0 Å². The molecular formula is C9H15NOS. The van der Waals surface area contributed by atoms with Crippen LogP contribution in [0.4, 0.5) is 0 Å². The van der Waals surface area contributed by atoms with Crippen LogP contribution in [-0.2, 0) is 0 Å². The normalized spacial score (nSPS) is 13.2. The van der Waals surface area contributed by atoms with Gasteiger partial charge in [-0.2, -0.15) is 0 Å². The van der Waals surface area contributed by atoms with Gasteiger partial charge in [-0.25, -0.2) is 0 Å². The van der Waals surface area contributed by atoms with Crippen LogP contribution in [-0.4, -0.2) is 18.2 Å². The maximum Gasteiger partial charge on any atom is 0.101 e. The standard InChI is InChI=1S/C9H15NOS/c1-2-5-10-7-8(11)9-4-3-6-12-9/h3-4,6,8,10-11H,2,5,7H2,1H3. The van der Waals surface area contributed by atoms with Gasteiger partial charge in [-0.05, 0) is 24.4 Å². The predicted octanol–water partition coefficient (Wildman–Crippen LogP) is 1.78. The number of aliphatic hydroxyl groups is 1. The summed E-state index contributed by atoms with van der Waals surface area (Å²) in [6, 6.07) is 3.92. The van der Waals surface area contributed by atoms with Gasteiger partial charge in [0.1, 0.15) is 6.10 Å². The first-order valence-corrected chi connectivity index (χ1v) is 5.14. The molecule has 0 aliphatic carbocycles. The topological polar surface area (TPSA) is 32.3 Å². The van der Waals surface area contributed by atoms with Gasteiger partial charge in [0.2, 0.25) is 0 Å². The van der Waals surface area contributed by atoms with Crippen molar-refractivity contribution < 1.29 is 5.11 Å². The molecule has 68 valence electrons. The Morgan fingerprint density at radius 2 is 2.50 bits per heavy atom. The summed E-state index contributed by atoms with van der Waals surface area (Å²) in [7, 11) is 0. The van der Waals surface area contributed by atoms with Gasteiger partial charge in [0.05, 0.1) is 0 Å². The zero-order chi connectivity index (χ0) is 8.81. The number of rotatable bonds is 5. The Kier molecular flexibility index (Phi) is 4.29. The first-order chi connectivity index (χ1) is 5.84. The Bertz CT molecular complexity index is 198. The van der Waals surface area contributed by atoms with Gasteiger partial charge in [-0.1, -0.05) is 13.0 Å². The van der Waals surface area contributed by atoms with Crippen LogP contribution in [0.3, 0.4) is 0 Å². The molecule has 1 aromatic heterocycles. The summed E-state index contributed by atoms with van der Waals surface area (Å²) in [4.78, 5) is 1.04. The Morgan fingerprint density at radius 3 is 3.08 bits per heavy atom. The summed E-state index contributed by atoms with van der Waals surface area (Å²) in [5, 5.41) is 14.7. The predicted molar refractivity (Wildman–Crippen MR) is 52.4 cm³/mol. The highest BCUT2D eigenvalue weighted by atomic mass is 32.1. The zero-order valence-corrected chi connectivity index (χ0v) is 8.10. The van der Waals surface area contributed by atoms with Crippen LogP contribution in [0.5, 0.6) is 0 Å². The number of hydrogen-bond donors (Lipinski definition) is 2. The van der Waals surface area contributed by atoms with Gasteiger partial charge in [-0.3, -0.25) is 0 Å². The van der Waals surface area contributed by atoms with Crippen LogP contribution >= 0.6 is 11.3 Å². The van der Waals surface area contributed by atoms with Gasteiger partial charge in [0.15, 0.2) is 0 Å². The van der Waals surface area contributed by atoms with E-state index in [1.807, 2.05) is 17.5 Å². The molecule has 0 saturated carbocycles. The van der Waals surface area contributed by atoms with E-state index in [2.05, 4.69) is 12.2 Å². The Labute approximate surface area is 77.2 Å². The molecule has 1 rings (SSSR count). The molecule has 1 heterocycles. The summed E-state index contributed by atoms with van der Waals surface area (Å²) in [6.45, 7) is 3.75. The minimum Gasteiger partial charge on any atom is -0.386 e. The Balaban J connectivity index is 2.25. The van der Waals surface area contributed by atoms with E-state index in [1.54, 1.807) is 11.3 Å². The summed E-state index contributed by atoms with van der Waals surface area (Å²) in [5.41, 5.74) is 0. The molecule has 1 unspecified atom stereocenters. The second kappa shape index (κ2) is 5.30. The molecule has 3 heteroatoms. The van der Waals surface area contributed by atoms with E-state index in [-0.39, 0.29) is 6.10 Å². The lowest BCUT2D eigenvalue weighted by molar-refractivity contribution is 0.178. The van der Waals surface area contributed by atoms with Gasteiger partial charge < -0.3 is 10.4 Å². The highest BCUT2D eigenvalue weighted by molar-refractivity contribution is 7.10. The van der Waals surface area contributed by atoms with E-state index < -0.39 is 0 Å². The quantitative estimate of drug-likeness (QED) is 0.685. The first kappa shape index (κ1) is 9.71. The van der Waals surface area contributed by atoms with Crippen LogP contribution in [0.1, 0.15) is 24.3 Å². The van der Waals surface area contributed by atoms with Crippen molar-refractivity contribution in [1.82, 2.24) is 5.32 Å². The van der Waals surface area contributed by atoms with Crippen molar-refractivity contribution in [3.05, 3.63) is 22.4 Å². The number of thiophene rings is 1. The smallest absolute Gasteiger partial charge is 0.101 e. The lowest BCUT2D eigenvalue weighted by Crippen LogP contribution is -2.21. The van der Waals surface area contributed by atoms with Crippen LogP contribution in [0.15, 0.2) is 17.5 Å². The van der Waals surface area contributed by atoms with Crippen molar-refractivity contribution in [1.29, 1.82) is 0 Å². The van der Waals surface area contributed by atoms with Crippen molar-refractivity contribution in [2.24, 2.45) is 0 Å². The molecule has 0 saturated heterocycles. The second-order valence-corrected chi connectivity index (χ2v) is 3.71. The molecule has 1 atom stereocenters. The summed E-state index contributed by atoms with van der Waals surface area (Å²) < 4.78 is 0. The molecule has 0 bridgehead atoms. The number of hydrogen-bond acceptors (Lipinski definition) is 3. The monoisotopic (exact) mass is 185 g/mol. The number of aliphatic hydroxyl groups excluding tert-OH is 1. The lowest BCUT2D eigenvalue weighted by atomic mass is 10.3. The molecule has 0 fully saturated rings. The fourth-order valence-corrected chi connectivity index (χ4v) is 1.71. The molecule has 0 amide bonds. The van der Waals surface area contributed by atoms with E-state index in [0.29, 0.717) is 6.54 Å². The third kappa shape index (κ3) is 2.93. The van der Waals surface area contributed by atoms with Gasteiger partial charge in [0.25, 0.3) is 0 Å². The Morgan fingerprint density at radius 1 is 1.67 bits per heavy atom. The second-order valence-electron chi connectivity index (χ2n) is 2.74. The molecular weight excluding hydrogens is 170 g/mol. The SMILES string of the molecule is CCCNCC(O)c1cccs1.